The number of para-hydroxylation sites is 2. The molecule has 0 N–H and O–H groups in total. The molecule has 0 radical (unpaired) electrons. The molecule has 0 bridgehead atoms. The summed E-state index contributed by atoms with van der Waals surface area (Å²) in [7, 11) is 0. The predicted molar refractivity (Wildman–Crippen MR) is 97.8 cm³/mol. The summed E-state index contributed by atoms with van der Waals surface area (Å²) in [6.07, 6.45) is 3.11. The van der Waals surface area contributed by atoms with Crippen molar-refractivity contribution < 1.29 is 4.79 Å². The van der Waals surface area contributed by atoms with Gasteiger partial charge in [0.15, 0.2) is 0 Å². The topological polar surface area (TPSA) is 25.2 Å². The number of unbranched alkanes of at least 4 members (excludes halogenated alkanes) is 1. The second kappa shape index (κ2) is 6.16. The molecule has 2 aromatic carbocycles. The fourth-order valence-corrected chi connectivity index (χ4v) is 3.69. The summed E-state index contributed by atoms with van der Waals surface area (Å²) in [6, 6.07) is 18.6. The van der Waals surface area contributed by atoms with E-state index in [1.54, 1.807) is 0 Å². The van der Waals surface area contributed by atoms with Gasteiger partial charge in [-0.1, -0.05) is 49.7 Å². The van der Waals surface area contributed by atoms with E-state index in [0.29, 0.717) is 0 Å². The minimum Gasteiger partial charge on any atom is -0.337 e. The van der Waals surface area contributed by atoms with Crippen molar-refractivity contribution >= 4 is 16.8 Å². The fourth-order valence-electron chi connectivity index (χ4n) is 3.69. The Kier molecular flexibility index (Phi) is 3.85. The molecule has 1 aliphatic rings. The minimum atomic E-state index is 0.171. The highest BCUT2D eigenvalue weighted by molar-refractivity contribution is 6.04. The zero-order valence-electron chi connectivity index (χ0n) is 14.0. The van der Waals surface area contributed by atoms with Gasteiger partial charge in [0.1, 0.15) is 5.69 Å². The molecule has 0 unspecified atom stereocenters. The van der Waals surface area contributed by atoms with Gasteiger partial charge in [0, 0.05) is 24.2 Å². The Morgan fingerprint density at radius 3 is 2.54 bits per heavy atom. The summed E-state index contributed by atoms with van der Waals surface area (Å²) in [6.45, 7) is 3.85. The van der Waals surface area contributed by atoms with Crippen molar-refractivity contribution in [3.05, 3.63) is 65.9 Å². The van der Waals surface area contributed by atoms with E-state index in [0.717, 1.165) is 49.2 Å². The van der Waals surface area contributed by atoms with Gasteiger partial charge in [-0.15, -0.1) is 0 Å². The Balaban J connectivity index is 1.93. The van der Waals surface area contributed by atoms with Crippen LogP contribution in [0.1, 0.15) is 35.8 Å². The van der Waals surface area contributed by atoms with Crippen LogP contribution in [0.2, 0.25) is 0 Å². The lowest BCUT2D eigenvalue weighted by molar-refractivity contribution is 0.0729. The average molecular weight is 318 g/mol. The van der Waals surface area contributed by atoms with E-state index in [1.165, 1.54) is 10.9 Å². The first-order chi connectivity index (χ1) is 11.8. The van der Waals surface area contributed by atoms with Crippen LogP contribution >= 0.6 is 0 Å². The van der Waals surface area contributed by atoms with Crippen LogP contribution in [0.4, 0.5) is 0 Å². The lowest BCUT2D eigenvalue weighted by Crippen LogP contribution is -2.39. The Morgan fingerprint density at radius 2 is 1.75 bits per heavy atom. The normalized spacial score (nSPS) is 14.2. The number of aromatic nitrogens is 1. The standard InChI is InChI=1S/C21H22N2O/c1-2-3-14-22-15-13-18-17-11-7-8-12-19(17)23(20(18)21(22)24)16-9-5-4-6-10-16/h4-12H,2-3,13-15H2,1H3. The molecule has 1 amide bonds. The van der Waals surface area contributed by atoms with E-state index in [4.69, 9.17) is 0 Å². The molecule has 3 heteroatoms. The third-order valence-electron chi connectivity index (χ3n) is 4.90. The molecule has 1 aliphatic heterocycles. The molecule has 0 fully saturated rings. The number of hydrogen-bond acceptors (Lipinski definition) is 1. The Hall–Kier alpha value is -2.55. The van der Waals surface area contributed by atoms with Crippen LogP contribution in [0.5, 0.6) is 0 Å². The maximum Gasteiger partial charge on any atom is 0.271 e. The number of carbonyl (C=O) groups is 1. The maximum atomic E-state index is 13.2. The first-order valence-electron chi connectivity index (χ1n) is 8.78. The Morgan fingerprint density at radius 1 is 1.00 bits per heavy atom. The Labute approximate surface area is 142 Å². The van der Waals surface area contributed by atoms with E-state index in [2.05, 4.69) is 41.8 Å². The van der Waals surface area contributed by atoms with Gasteiger partial charge in [-0.2, -0.15) is 0 Å². The smallest absolute Gasteiger partial charge is 0.271 e. The molecule has 0 atom stereocenters. The molecular formula is C21H22N2O. The van der Waals surface area contributed by atoms with Crippen molar-refractivity contribution in [2.75, 3.05) is 13.1 Å². The maximum absolute atomic E-state index is 13.2. The van der Waals surface area contributed by atoms with Crippen molar-refractivity contribution in [1.29, 1.82) is 0 Å². The van der Waals surface area contributed by atoms with Crippen LogP contribution < -0.4 is 0 Å². The summed E-state index contributed by atoms with van der Waals surface area (Å²) in [5, 5.41) is 1.21. The van der Waals surface area contributed by atoms with Crippen LogP contribution in [0.25, 0.3) is 16.6 Å². The van der Waals surface area contributed by atoms with Crippen LogP contribution in [0.3, 0.4) is 0 Å². The van der Waals surface area contributed by atoms with Crippen LogP contribution in [-0.2, 0) is 6.42 Å². The molecular weight excluding hydrogens is 296 g/mol. The van der Waals surface area contributed by atoms with Gasteiger partial charge < -0.3 is 9.47 Å². The minimum absolute atomic E-state index is 0.171. The second-order valence-corrected chi connectivity index (χ2v) is 6.41. The van der Waals surface area contributed by atoms with E-state index >= 15 is 0 Å². The predicted octanol–water partition coefficient (Wildman–Crippen LogP) is 4.43. The lowest BCUT2D eigenvalue weighted by Gasteiger charge is -2.28. The molecule has 4 rings (SSSR count). The molecule has 0 aliphatic carbocycles. The van der Waals surface area contributed by atoms with Crippen LogP contribution in [0.15, 0.2) is 54.6 Å². The molecule has 3 nitrogen and oxygen atoms in total. The first kappa shape index (κ1) is 15.0. The number of hydrogen-bond donors (Lipinski definition) is 0. The van der Waals surface area contributed by atoms with Crippen LogP contribution in [-0.4, -0.2) is 28.5 Å². The van der Waals surface area contributed by atoms with Gasteiger partial charge in [-0.3, -0.25) is 4.79 Å². The summed E-state index contributed by atoms with van der Waals surface area (Å²) >= 11 is 0. The summed E-state index contributed by atoms with van der Waals surface area (Å²) in [5.74, 6) is 0.171. The van der Waals surface area contributed by atoms with Crippen molar-refractivity contribution in [3.8, 4) is 5.69 Å². The quantitative estimate of drug-likeness (QED) is 0.698. The molecule has 0 saturated carbocycles. The van der Waals surface area contributed by atoms with Crippen molar-refractivity contribution in [3.63, 3.8) is 0 Å². The van der Waals surface area contributed by atoms with Crippen molar-refractivity contribution in [2.45, 2.75) is 26.2 Å². The summed E-state index contributed by atoms with van der Waals surface area (Å²) in [4.78, 5) is 15.2. The Bertz CT molecular complexity index is 879. The van der Waals surface area contributed by atoms with E-state index in [9.17, 15) is 4.79 Å². The first-order valence-corrected chi connectivity index (χ1v) is 8.78. The summed E-state index contributed by atoms with van der Waals surface area (Å²) < 4.78 is 2.14. The SMILES string of the molecule is CCCCN1CCc2c(n(-c3ccccc3)c3ccccc23)C1=O. The lowest BCUT2D eigenvalue weighted by atomic mass is 10.0. The average Bonchev–Trinajstić information content (AvgIpc) is 2.97. The molecule has 0 spiro atoms. The number of amides is 1. The van der Waals surface area contributed by atoms with Gasteiger partial charge in [-0.05, 0) is 36.6 Å². The number of nitrogens with zero attached hydrogens (tertiary/aromatic N) is 2. The molecule has 2 heterocycles. The summed E-state index contributed by atoms with van der Waals surface area (Å²) in [5.41, 5.74) is 4.23. The molecule has 0 saturated heterocycles. The van der Waals surface area contributed by atoms with Gasteiger partial charge in [-0.25, -0.2) is 0 Å². The second-order valence-electron chi connectivity index (χ2n) is 6.41. The monoisotopic (exact) mass is 318 g/mol. The highest BCUT2D eigenvalue weighted by Gasteiger charge is 2.30. The molecule has 1 aromatic heterocycles. The highest BCUT2D eigenvalue weighted by atomic mass is 16.2. The molecule has 122 valence electrons. The third kappa shape index (κ3) is 2.32. The zero-order chi connectivity index (χ0) is 16.5. The highest BCUT2D eigenvalue weighted by Crippen LogP contribution is 2.33. The third-order valence-corrected chi connectivity index (χ3v) is 4.90. The molecule has 24 heavy (non-hydrogen) atoms. The van der Waals surface area contributed by atoms with Crippen molar-refractivity contribution in [1.82, 2.24) is 9.47 Å². The van der Waals surface area contributed by atoms with Gasteiger partial charge >= 0.3 is 0 Å². The number of fused-ring (bicyclic) bond motifs is 3. The number of benzene rings is 2. The van der Waals surface area contributed by atoms with Gasteiger partial charge in [0.2, 0.25) is 0 Å². The zero-order valence-corrected chi connectivity index (χ0v) is 14.0. The van der Waals surface area contributed by atoms with Gasteiger partial charge in [0.05, 0.1) is 5.52 Å². The van der Waals surface area contributed by atoms with Gasteiger partial charge in [0.25, 0.3) is 5.91 Å². The van der Waals surface area contributed by atoms with E-state index in [1.807, 2.05) is 29.2 Å². The molecule has 3 aromatic rings. The number of carbonyl (C=O) groups excluding carboxylic acids is 1. The van der Waals surface area contributed by atoms with Crippen molar-refractivity contribution in [2.24, 2.45) is 0 Å². The fraction of sp³-hybridized carbons (Fsp3) is 0.286. The number of rotatable bonds is 4. The van der Waals surface area contributed by atoms with E-state index < -0.39 is 0 Å². The largest absolute Gasteiger partial charge is 0.337 e. The van der Waals surface area contributed by atoms with Crippen LogP contribution in [0, 0.1) is 0 Å². The van der Waals surface area contributed by atoms with E-state index in [-0.39, 0.29) is 5.91 Å².